The minimum atomic E-state index is -0.482. The van der Waals surface area contributed by atoms with Crippen molar-refractivity contribution in [2.24, 2.45) is 0 Å². The molecule has 0 aliphatic carbocycles. The zero-order valence-electron chi connectivity index (χ0n) is 22.7. The fourth-order valence-corrected chi connectivity index (χ4v) is 4.14. The van der Waals surface area contributed by atoms with E-state index in [4.69, 9.17) is 9.47 Å². The van der Waals surface area contributed by atoms with Crippen molar-refractivity contribution >= 4 is 11.9 Å². The van der Waals surface area contributed by atoms with Crippen LogP contribution in [-0.2, 0) is 9.47 Å². The molecule has 0 unspecified atom stereocenters. The van der Waals surface area contributed by atoms with Crippen LogP contribution in [0.3, 0.4) is 0 Å². The van der Waals surface area contributed by atoms with E-state index in [-0.39, 0.29) is 11.4 Å². The highest BCUT2D eigenvalue weighted by molar-refractivity contribution is 5.91. The van der Waals surface area contributed by atoms with Gasteiger partial charge in [-0.1, -0.05) is 129 Å². The number of hydrogen-bond donors (Lipinski definition) is 0. The van der Waals surface area contributed by atoms with Gasteiger partial charge in [0.05, 0.1) is 13.2 Å². The summed E-state index contributed by atoms with van der Waals surface area (Å²) < 4.78 is 10.7. The monoisotopic (exact) mass is 489 g/mol. The molecule has 5 heteroatoms. The maximum Gasteiger partial charge on any atom is 0.356 e. The van der Waals surface area contributed by atoms with Gasteiger partial charge in [0.15, 0.2) is 0 Å². The molecule has 200 valence electrons. The first-order valence-corrected chi connectivity index (χ1v) is 14.5. The van der Waals surface area contributed by atoms with Gasteiger partial charge in [-0.2, -0.15) is 0 Å². The largest absolute Gasteiger partial charge is 0.461 e. The highest BCUT2D eigenvalue weighted by atomic mass is 16.5. The second-order valence-electron chi connectivity index (χ2n) is 9.69. The van der Waals surface area contributed by atoms with Gasteiger partial charge in [-0.15, -0.1) is 0 Å². The van der Waals surface area contributed by atoms with Gasteiger partial charge in [0.25, 0.3) is 0 Å². The van der Waals surface area contributed by atoms with Crippen LogP contribution in [0.25, 0.3) is 0 Å². The van der Waals surface area contributed by atoms with E-state index in [1.54, 1.807) is 18.2 Å². The number of carbonyl (C=O) groups excluding carboxylic acids is 2. The molecule has 0 aliphatic heterocycles. The molecule has 0 aliphatic rings. The number of rotatable bonds is 23. The molecule has 1 aromatic heterocycles. The highest BCUT2D eigenvalue weighted by Gasteiger charge is 2.14. The lowest BCUT2D eigenvalue weighted by molar-refractivity contribution is 0.0482. The van der Waals surface area contributed by atoms with Crippen LogP contribution in [0.2, 0.25) is 0 Å². The van der Waals surface area contributed by atoms with E-state index in [2.05, 4.69) is 18.8 Å². The predicted octanol–water partition coefficient (Wildman–Crippen LogP) is 8.85. The third kappa shape index (κ3) is 17.2. The van der Waals surface area contributed by atoms with E-state index in [1.807, 2.05) is 0 Å². The summed E-state index contributed by atoms with van der Waals surface area (Å²) in [5.41, 5.74) is 0.320. The molecule has 0 saturated carbocycles. The minimum Gasteiger partial charge on any atom is -0.461 e. The van der Waals surface area contributed by atoms with Crippen LogP contribution in [0.1, 0.15) is 157 Å². The summed E-state index contributed by atoms with van der Waals surface area (Å²) in [6, 6.07) is 4.81. The van der Waals surface area contributed by atoms with E-state index < -0.39 is 11.9 Å². The summed E-state index contributed by atoms with van der Waals surface area (Å²) in [5, 5.41) is 0. The molecular weight excluding hydrogens is 438 g/mol. The Morgan fingerprint density at radius 2 is 0.857 bits per heavy atom. The molecule has 0 saturated heterocycles. The van der Waals surface area contributed by atoms with Crippen molar-refractivity contribution < 1.29 is 19.1 Å². The van der Waals surface area contributed by atoms with Crippen LogP contribution in [0.15, 0.2) is 18.2 Å². The molecule has 0 spiro atoms. The number of ether oxygens (including phenoxy) is 2. The first-order valence-electron chi connectivity index (χ1n) is 14.5. The van der Waals surface area contributed by atoms with Crippen molar-refractivity contribution in [3.63, 3.8) is 0 Å². The van der Waals surface area contributed by atoms with Crippen LogP contribution >= 0.6 is 0 Å². The van der Waals surface area contributed by atoms with Crippen molar-refractivity contribution in [1.29, 1.82) is 0 Å². The zero-order valence-corrected chi connectivity index (χ0v) is 22.7. The van der Waals surface area contributed by atoms with E-state index in [0.717, 1.165) is 25.7 Å². The molecule has 0 radical (unpaired) electrons. The second kappa shape index (κ2) is 22.5. The summed E-state index contributed by atoms with van der Waals surface area (Å²) >= 11 is 0. The first kappa shape index (κ1) is 31.1. The molecule has 0 N–H and O–H groups in total. The Hall–Kier alpha value is -1.91. The summed E-state index contributed by atoms with van der Waals surface area (Å²) in [5.74, 6) is -0.959. The molecule has 35 heavy (non-hydrogen) atoms. The fourth-order valence-electron chi connectivity index (χ4n) is 4.14. The normalized spacial score (nSPS) is 10.9. The van der Waals surface area contributed by atoms with Gasteiger partial charge in [-0.3, -0.25) is 0 Å². The maximum atomic E-state index is 12.3. The summed E-state index contributed by atoms with van der Waals surface area (Å²) in [6.07, 6.45) is 23.5. The van der Waals surface area contributed by atoms with E-state index in [1.165, 1.54) is 96.3 Å². The Bertz CT molecular complexity index is 662. The van der Waals surface area contributed by atoms with Crippen LogP contribution in [0.4, 0.5) is 0 Å². The van der Waals surface area contributed by atoms with E-state index in [9.17, 15) is 9.59 Å². The number of unbranched alkanes of at least 4 members (excludes halogenated alkanes) is 17. The van der Waals surface area contributed by atoms with Crippen molar-refractivity contribution in [2.75, 3.05) is 13.2 Å². The molecule has 0 bridgehead atoms. The third-order valence-corrected chi connectivity index (χ3v) is 6.38. The standard InChI is InChI=1S/C30H51NO4/c1-3-5-7-9-11-12-13-14-15-16-17-19-21-26-35-30(33)28-24-22-23-27(31-28)29(32)34-25-20-18-10-8-6-4-2/h22-24H,3-21,25-26H2,1-2H3. The number of esters is 2. The number of hydrogen-bond acceptors (Lipinski definition) is 5. The van der Waals surface area contributed by atoms with Crippen LogP contribution < -0.4 is 0 Å². The van der Waals surface area contributed by atoms with E-state index >= 15 is 0 Å². The lowest BCUT2D eigenvalue weighted by Gasteiger charge is -2.07. The lowest BCUT2D eigenvalue weighted by atomic mass is 10.0. The summed E-state index contributed by atoms with van der Waals surface area (Å²) in [7, 11) is 0. The van der Waals surface area contributed by atoms with Crippen LogP contribution in [-0.4, -0.2) is 30.1 Å². The van der Waals surface area contributed by atoms with Crippen LogP contribution in [0.5, 0.6) is 0 Å². The molecule has 1 heterocycles. The number of aromatic nitrogens is 1. The van der Waals surface area contributed by atoms with Gasteiger partial charge < -0.3 is 9.47 Å². The average molecular weight is 490 g/mol. The number of nitrogens with zero attached hydrogens (tertiary/aromatic N) is 1. The predicted molar refractivity (Wildman–Crippen MR) is 144 cm³/mol. The zero-order chi connectivity index (χ0) is 25.4. The third-order valence-electron chi connectivity index (χ3n) is 6.38. The van der Waals surface area contributed by atoms with E-state index in [0.29, 0.717) is 13.2 Å². The Labute approximate surface area is 214 Å². The minimum absolute atomic E-state index is 0.159. The number of carbonyl (C=O) groups is 2. The average Bonchev–Trinajstić information content (AvgIpc) is 2.88. The molecule has 1 rings (SSSR count). The molecule has 5 nitrogen and oxygen atoms in total. The molecule has 1 aromatic rings. The quantitative estimate of drug-likeness (QED) is 0.113. The van der Waals surface area contributed by atoms with Crippen molar-refractivity contribution in [3.05, 3.63) is 29.6 Å². The molecule has 0 aromatic carbocycles. The Balaban J connectivity index is 2.07. The summed E-state index contributed by atoms with van der Waals surface area (Å²) in [6.45, 7) is 5.24. The van der Waals surface area contributed by atoms with Crippen molar-refractivity contribution in [2.45, 2.75) is 136 Å². The highest BCUT2D eigenvalue weighted by Crippen LogP contribution is 2.13. The fraction of sp³-hybridized carbons (Fsp3) is 0.767. The van der Waals surface area contributed by atoms with Crippen molar-refractivity contribution in [1.82, 2.24) is 4.98 Å². The second-order valence-corrected chi connectivity index (χ2v) is 9.69. The molecule has 0 fully saturated rings. The first-order chi connectivity index (χ1) is 17.2. The topological polar surface area (TPSA) is 65.5 Å². The summed E-state index contributed by atoms with van der Waals surface area (Å²) in [4.78, 5) is 28.6. The van der Waals surface area contributed by atoms with Gasteiger partial charge in [0.1, 0.15) is 11.4 Å². The van der Waals surface area contributed by atoms with Gasteiger partial charge in [0.2, 0.25) is 0 Å². The van der Waals surface area contributed by atoms with Gasteiger partial charge in [-0.25, -0.2) is 14.6 Å². The van der Waals surface area contributed by atoms with Crippen LogP contribution in [0, 0.1) is 0 Å². The Morgan fingerprint density at radius 3 is 1.20 bits per heavy atom. The van der Waals surface area contributed by atoms with Gasteiger partial charge in [0, 0.05) is 0 Å². The van der Waals surface area contributed by atoms with Crippen molar-refractivity contribution in [3.8, 4) is 0 Å². The number of pyridine rings is 1. The SMILES string of the molecule is CCCCCCCCCCCCCCCOC(=O)c1cccc(C(=O)OCCCCCCCC)n1. The Kier molecular flexibility index (Phi) is 20.0. The smallest absolute Gasteiger partial charge is 0.356 e. The molecule has 0 atom stereocenters. The molecule has 0 amide bonds. The van der Waals surface area contributed by atoms with Gasteiger partial charge in [-0.05, 0) is 25.0 Å². The maximum absolute atomic E-state index is 12.3. The Morgan fingerprint density at radius 1 is 0.543 bits per heavy atom. The lowest BCUT2D eigenvalue weighted by Crippen LogP contribution is -2.13. The van der Waals surface area contributed by atoms with Gasteiger partial charge >= 0.3 is 11.9 Å². The molecular formula is C30H51NO4.